The molecule has 0 radical (unpaired) electrons. The maximum atomic E-state index is 11.7. The van der Waals surface area contributed by atoms with E-state index < -0.39 is 5.97 Å². The van der Waals surface area contributed by atoms with E-state index in [2.05, 4.69) is 15.4 Å². The molecule has 2 aromatic rings. The van der Waals surface area contributed by atoms with Crippen LogP contribution in [0.1, 0.15) is 17.4 Å². The highest BCUT2D eigenvalue weighted by atomic mass is 16.5. The van der Waals surface area contributed by atoms with Gasteiger partial charge in [-0.3, -0.25) is 0 Å². The van der Waals surface area contributed by atoms with Gasteiger partial charge in [0.15, 0.2) is 5.69 Å². The minimum Gasteiger partial charge on any atom is -0.497 e. The molecule has 1 aromatic carbocycles. The van der Waals surface area contributed by atoms with Crippen molar-refractivity contribution in [3.05, 3.63) is 30.0 Å². The van der Waals surface area contributed by atoms with Crippen LogP contribution in [0.4, 0.5) is 0 Å². The third-order valence-electron chi connectivity index (χ3n) is 2.36. The number of carbonyl (C=O) groups is 1. The monoisotopic (exact) mass is 247 g/mol. The van der Waals surface area contributed by atoms with Gasteiger partial charge in [-0.15, -0.1) is 5.10 Å². The molecule has 0 unspecified atom stereocenters. The van der Waals surface area contributed by atoms with Gasteiger partial charge in [0.2, 0.25) is 0 Å². The molecule has 1 heterocycles. The summed E-state index contributed by atoms with van der Waals surface area (Å²) >= 11 is 0. The second-order valence-corrected chi connectivity index (χ2v) is 3.47. The Morgan fingerprint density at radius 3 is 2.94 bits per heavy atom. The maximum absolute atomic E-state index is 11.7. The fourth-order valence-electron chi connectivity index (χ4n) is 1.54. The first-order valence-electron chi connectivity index (χ1n) is 5.48. The summed E-state index contributed by atoms with van der Waals surface area (Å²) in [5, 5.41) is 10.2. The van der Waals surface area contributed by atoms with E-state index in [4.69, 9.17) is 9.47 Å². The molecule has 0 aliphatic heterocycles. The van der Waals surface area contributed by atoms with Crippen LogP contribution >= 0.6 is 0 Å². The summed E-state index contributed by atoms with van der Waals surface area (Å²) in [4.78, 5) is 11.7. The Kier molecular flexibility index (Phi) is 3.57. The van der Waals surface area contributed by atoms with Gasteiger partial charge in [-0.1, -0.05) is 12.1 Å². The number of H-pyrrole nitrogens is 1. The lowest BCUT2D eigenvalue weighted by atomic mass is 10.1. The molecule has 2 rings (SSSR count). The van der Waals surface area contributed by atoms with E-state index >= 15 is 0 Å². The molecule has 1 N–H and O–H groups in total. The van der Waals surface area contributed by atoms with Crippen molar-refractivity contribution in [3.8, 4) is 17.0 Å². The molecule has 0 spiro atoms. The summed E-state index contributed by atoms with van der Waals surface area (Å²) < 4.78 is 10.0. The third-order valence-corrected chi connectivity index (χ3v) is 2.36. The molecule has 6 heteroatoms. The molecule has 0 aliphatic carbocycles. The highest BCUT2D eigenvalue weighted by Crippen LogP contribution is 2.24. The van der Waals surface area contributed by atoms with Crippen molar-refractivity contribution in [1.82, 2.24) is 15.4 Å². The lowest BCUT2D eigenvalue weighted by Gasteiger charge is -2.03. The molecule has 0 fully saturated rings. The highest BCUT2D eigenvalue weighted by Gasteiger charge is 2.19. The first-order valence-corrected chi connectivity index (χ1v) is 5.48. The van der Waals surface area contributed by atoms with E-state index in [1.165, 1.54) is 0 Å². The zero-order valence-corrected chi connectivity index (χ0v) is 10.1. The summed E-state index contributed by atoms with van der Waals surface area (Å²) in [6, 6.07) is 7.23. The molecular formula is C12H13N3O3. The largest absolute Gasteiger partial charge is 0.497 e. The predicted octanol–water partition coefficient (Wildman–Crippen LogP) is 1.66. The van der Waals surface area contributed by atoms with Crippen molar-refractivity contribution in [2.45, 2.75) is 6.92 Å². The van der Waals surface area contributed by atoms with E-state index in [1.807, 2.05) is 18.2 Å². The van der Waals surface area contributed by atoms with Crippen molar-refractivity contribution in [2.75, 3.05) is 13.7 Å². The summed E-state index contributed by atoms with van der Waals surface area (Å²) in [6.45, 7) is 2.03. The number of aromatic amines is 1. The Morgan fingerprint density at radius 1 is 1.39 bits per heavy atom. The van der Waals surface area contributed by atoms with Crippen LogP contribution in [0.3, 0.4) is 0 Å². The summed E-state index contributed by atoms with van der Waals surface area (Å²) in [5.74, 6) is 0.189. The van der Waals surface area contributed by atoms with E-state index in [9.17, 15) is 4.79 Å². The Labute approximate surface area is 104 Å². The highest BCUT2D eigenvalue weighted by molar-refractivity contribution is 5.93. The van der Waals surface area contributed by atoms with Crippen LogP contribution in [0, 0.1) is 0 Å². The Balaban J connectivity index is 2.38. The zero-order chi connectivity index (χ0) is 13.0. The van der Waals surface area contributed by atoms with Gasteiger partial charge in [0, 0.05) is 5.56 Å². The van der Waals surface area contributed by atoms with Crippen LogP contribution in [0.2, 0.25) is 0 Å². The molecule has 0 saturated heterocycles. The number of nitrogens with zero attached hydrogens (tertiary/aromatic N) is 2. The first-order chi connectivity index (χ1) is 8.76. The van der Waals surface area contributed by atoms with E-state index in [0.29, 0.717) is 18.1 Å². The topological polar surface area (TPSA) is 77.1 Å². The summed E-state index contributed by atoms with van der Waals surface area (Å²) in [5.41, 5.74) is 1.36. The van der Waals surface area contributed by atoms with Crippen LogP contribution in [-0.2, 0) is 4.74 Å². The average molecular weight is 247 g/mol. The minimum atomic E-state index is -0.496. The van der Waals surface area contributed by atoms with Crippen LogP contribution in [0.25, 0.3) is 11.3 Å². The molecule has 6 nitrogen and oxygen atoms in total. The molecule has 0 atom stereocenters. The van der Waals surface area contributed by atoms with Gasteiger partial charge in [-0.05, 0) is 19.1 Å². The number of benzene rings is 1. The number of ether oxygens (including phenoxy) is 2. The molecule has 0 saturated carbocycles. The first kappa shape index (κ1) is 12.1. The van der Waals surface area contributed by atoms with Crippen LogP contribution in [0.15, 0.2) is 24.3 Å². The van der Waals surface area contributed by atoms with Gasteiger partial charge >= 0.3 is 5.97 Å². The molecule has 0 amide bonds. The number of carbonyl (C=O) groups excluding carboxylic acids is 1. The number of rotatable bonds is 4. The molecule has 94 valence electrons. The quantitative estimate of drug-likeness (QED) is 0.831. The van der Waals surface area contributed by atoms with Crippen molar-refractivity contribution in [2.24, 2.45) is 0 Å². The Hall–Kier alpha value is -2.37. The molecule has 18 heavy (non-hydrogen) atoms. The molecule has 1 aromatic heterocycles. The summed E-state index contributed by atoms with van der Waals surface area (Å²) in [6.07, 6.45) is 0. The van der Waals surface area contributed by atoms with Gasteiger partial charge in [0.1, 0.15) is 11.4 Å². The van der Waals surface area contributed by atoms with Crippen LogP contribution < -0.4 is 4.74 Å². The fourth-order valence-corrected chi connectivity index (χ4v) is 1.54. The number of methoxy groups -OCH3 is 1. The second-order valence-electron chi connectivity index (χ2n) is 3.47. The number of hydrogen-bond acceptors (Lipinski definition) is 5. The Bertz CT molecular complexity index is 551. The molecule has 0 aliphatic rings. The second kappa shape index (κ2) is 5.31. The van der Waals surface area contributed by atoms with Gasteiger partial charge < -0.3 is 9.47 Å². The van der Waals surface area contributed by atoms with Crippen molar-refractivity contribution >= 4 is 5.97 Å². The van der Waals surface area contributed by atoms with Crippen molar-refractivity contribution in [3.63, 3.8) is 0 Å². The van der Waals surface area contributed by atoms with E-state index in [-0.39, 0.29) is 5.69 Å². The zero-order valence-electron chi connectivity index (χ0n) is 10.1. The number of aromatic nitrogens is 3. The van der Waals surface area contributed by atoms with Crippen molar-refractivity contribution < 1.29 is 14.3 Å². The predicted molar refractivity (Wildman–Crippen MR) is 64.3 cm³/mol. The lowest BCUT2D eigenvalue weighted by Crippen LogP contribution is -2.06. The minimum absolute atomic E-state index is 0.171. The average Bonchev–Trinajstić information content (AvgIpc) is 2.88. The van der Waals surface area contributed by atoms with Gasteiger partial charge in [-0.25, -0.2) is 4.79 Å². The number of hydrogen-bond donors (Lipinski definition) is 1. The maximum Gasteiger partial charge on any atom is 0.361 e. The summed E-state index contributed by atoms with van der Waals surface area (Å²) in [7, 11) is 1.58. The van der Waals surface area contributed by atoms with Crippen molar-refractivity contribution in [1.29, 1.82) is 0 Å². The van der Waals surface area contributed by atoms with E-state index in [1.54, 1.807) is 20.1 Å². The van der Waals surface area contributed by atoms with Crippen LogP contribution in [-0.4, -0.2) is 35.1 Å². The van der Waals surface area contributed by atoms with Gasteiger partial charge in [0.05, 0.1) is 13.7 Å². The molecule has 0 bridgehead atoms. The van der Waals surface area contributed by atoms with E-state index in [0.717, 1.165) is 5.56 Å². The Morgan fingerprint density at radius 2 is 2.22 bits per heavy atom. The normalized spacial score (nSPS) is 10.1. The molecular weight excluding hydrogens is 234 g/mol. The number of nitrogens with one attached hydrogen (secondary N) is 1. The lowest BCUT2D eigenvalue weighted by molar-refractivity contribution is 0.0520. The third kappa shape index (κ3) is 2.32. The smallest absolute Gasteiger partial charge is 0.361 e. The van der Waals surface area contributed by atoms with Gasteiger partial charge in [-0.2, -0.15) is 10.3 Å². The van der Waals surface area contributed by atoms with Crippen LogP contribution in [0.5, 0.6) is 5.75 Å². The fraction of sp³-hybridized carbons (Fsp3) is 0.250. The number of esters is 1. The van der Waals surface area contributed by atoms with Gasteiger partial charge in [0.25, 0.3) is 0 Å². The standard InChI is InChI=1S/C12H13N3O3/c1-3-18-12(16)11-10(13-15-14-11)8-5-4-6-9(7-8)17-2/h4-7H,3H2,1-2H3,(H,13,14,15). The SMILES string of the molecule is CCOC(=O)c1n[nH]nc1-c1cccc(OC)c1.